The van der Waals surface area contributed by atoms with E-state index in [4.69, 9.17) is 0 Å². The molecule has 6 heteroatoms. The minimum atomic E-state index is 0. The second-order valence-electron chi connectivity index (χ2n) is 3.99. The molecule has 1 N–H and O–H groups in total. The third kappa shape index (κ3) is 1.80. The molecular formula is C13H13N5S. The van der Waals surface area contributed by atoms with Gasteiger partial charge in [0.25, 0.3) is 0 Å². The first-order valence-electron chi connectivity index (χ1n) is 5.60. The van der Waals surface area contributed by atoms with Crippen LogP contribution in [-0.4, -0.2) is 19.7 Å². The van der Waals surface area contributed by atoms with Crippen LogP contribution in [0.25, 0.3) is 11.4 Å². The van der Waals surface area contributed by atoms with Gasteiger partial charge in [-0.25, -0.2) is 9.67 Å². The molecule has 0 spiro atoms. The molecule has 3 aromatic rings. The van der Waals surface area contributed by atoms with Crippen LogP contribution in [0.3, 0.4) is 0 Å². The van der Waals surface area contributed by atoms with E-state index in [0.29, 0.717) is 0 Å². The maximum Gasteiger partial charge on any atom is 0.226 e. The van der Waals surface area contributed by atoms with Gasteiger partial charge in [0.05, 0.1) is 0 Å². The van der Waals surface area contributed by atoms with Crippen molar-refractivity contribution in [1.29, 1.82) is 0 Å². The molecule has 1 aliphatic heterocycles. The summed E-state index contributed by atoms with van der Waals surface area (Å²) in [6, 6.07) is 9.97. The average molecular weight is 271 g/mol. The minimum Gasteiger partial charge on any atom is -0.327 e. The summed E-state index contributed by atoms with van der Waals surface area (Å²) in [4.78, 5) is 8.73. The minimum absolute atomic E-state index is 0. The predicted octanol–water partition coefficient (Wildman–Crippen LogP) is 3.01. The van der Waals surface area contributed by atoms with Gasteiger partial charge in [-0.2, -0.15) is 4.98 Å². The maximum absolute atomic E-state index is 4.51. The lowest BCUT2D eigenvalue weighted by Gasteiger charge is -2.26. The molecule has 0 radical (unpaired) electrons. The van der Waals surface area contributed by atoms with Gasteiger partial charge in [0.1, 0.15) is 5.01 Å². The molecule has 0 amide bonds. The molecule has 3 heterocycles. The van der Waals surface area contributed by atoms with Crippen LogP contribution in [0.5, 0.6) is 0 Å². The summed E-state index contributed by atoms with van der Waals surface area (Å²) >= 11 is 1.61. The molecule has 0 aliphatic carbocycles. The number of hydrogen-bond donors (Lipinski definition) is 1. The van der Waals surface area contributed by atoms with Crippen LogP contribution in [0.4, 0.5) is 5.95 Å². The van der Waals surface area contributed by atoms with E-state index in [1.54, 1.807) is 17.5 Å². The molecule has 5 nitrogen and oxygen atoms in total. The second kappa shape index (κ2) is 4.47. The SMILES string of the molecule is C.c1ccc(-c2nc3n(n2)C(c2nccs2)N3)cc1. The number of fused-ring (bicyclic) bond motifs is 1. The van der Waals surface area contributed by atoms with E-state index < -0.39 is 0 Å². The van der Waals surface area contributed by atoms with E-state index in [-0.39, 0.29) is 13.6 Å². The lowest BCUT2D eigenvalue weighted by molar-refractivity contribution is 0.508. The van der Waals surface area contributed by atoms with Crippen LogP contribution in [-0.2, 0) is 0 Å². The Hall–Kier alpha value is -2.21. The molecule has 1 atom stereocenters. The van der Waals surface area contributed by atoms with Crippen molar-refractivity contribution in [3.8, 4) is 11.4 Å². The molecule has 19 heavy (non-hydrogen) atoms. The topological polar surface area (TPSA) is 55.6 Å². The molecule has 0 fully saturated rings. The standard InChI is InChI=1S/C12H9N5S.CH4/c1-2-4-8(5-3-1)9-14-12-15-10(17(12)16-9)11-13-6-7-18-11;/h1-7,10H,(H,14,15,16);1H4. The third-order valence-corrected chi connectivity index (χ3v) is 3.69. The number of aromatic nitrogens is 4. The predicted molar refractivity (Wildman–Crippen MR) is 76.1 cm³/mol. The van der Waals surface area contributed by atoms with Crippen LogP contribution in [0.1, 0.15) is 18.6 Å². The van der Waals surface area contributed by atoms with E-state index in [0.717, 1.165) is 22.3 Å². The smallest absolute Gasteiger partial charge is 0.226 e. The first-order valence-corrected chi connectivity index (χ1v) is 6.48. The number of anilines is 1. The van der Waals surface area contributed by atoms with E-state index in [2.05, 4.69) is 20.4 Å². The fraction of sp³-hybridized carbons (Fsp3) is 0.154. The molecule has 4 rings (SSSR count). The van der Waals surface area contributed by atoms with E-state index in [1.807, 2.05) is 40.4 Å². The summed E-state index contributed by atoms with van der Waals surface area (Å²) < 4.78 is 1.88. The van der Waals surface area contributed by atoms with Gasteiger partial charge in [-0.1, -0.05) is 37.8 Å². The van der Waals surface area contributed by atoms with E-state index in [9.17, 15) is 0 Å². The van der Waals surface area contributed by atoms with Crippen molar-refractivity contribution in [3.05, 3.63) is 46.9 Å². The summed E-state index contributed by atoms with van der Waals surface area (Å²) in [5, 5.41) is 10.7. The van der Waals surface area contributed by atoms with Gasteiger partial charge >= 0.3 is 0 Å². The highest BCUT2D eigenvalue weighted by atomic mass is 32.1. The van der Waals surface area contributed by atoms with Gasteiger partial charge in [-0.15, -0.1) is 16.4 Å². The number of nitrogens with zero attached hydrogens (tertiary/aromatic N) is 4. The number of thiazole rings is 1. The summed E-state index contributed by atoms with van der Waals surface area (Å²) in [6.45, 7) is 0. The Morgan fingerprint density at radius 1 is 1.21 bits per heavy atom. The van der Waals surface area contributed by atoms with Crippen LogP contribution in [0.15, 0.2) is 41.9 Å². The molecule has 1 aromatic carbocycles. The van der Waals surface area contributed by atoms with E-state index >= 15 is 0 Å². The molecule has 1 unspecified atom stereocenters. The van der Waals surface area contributed by atoms with Gasteiger partial charge in [-0.05, 0) is 0 Å². The number of nitrogens with one attached hydrogen (secondary N) is 1. The van der Waals surface area contributed by atoms with Crippen molar-refractivity contribution in [2.45, 2.75) is 13.6 Å². The summed E-state index contributed by atoms with van der Waals surface area (Å²) in [5.41, 5.74) is 1.03. The van der Waals surface area contributed by atoms with Crippen molar-refractivity contribution >= 4 is 17.3 Å². The fourth-order valence-corrected chi connectivity index (χ4v) is 2.63. The fourth-order valence-electron chi connectivity index (χ4n) is 1.96. The van der Waals surface area contributed by atoms with Gasteiger partial charge < -0.3 is 5.32 Å². The highest BCUT2D eigenvalue weighted by Crippen LogP contribution is 2.33. The molecule has 0 saturated heterocycles. The third-order valence-electron chi connectivity index (χ3n) is 2.86. The van der Waals surface area contributed by atoms with Crippen molar-refractivity contribution in [1.82, 2.24) is 19.7 Å². The Balaban J connectivity index is 0.00000110. The number of hydrogen-bond acceptors (Lipinski definition) is 5. The first kappa shape index (κ1) is 11.9. The molecule has 2 aromatic heterocycles. The zero-order chi connectivity index (χ0) is 11.9. The van der Waals surface area contributed by atoms with Crippen LogP contribution in [0, 0.1) is 0 Å². The molecular weight excluding hydrogens is 258 g/mol. The van der Waals surface area contributed by atoms with Crippen molar-refractivity contribution in [2.75, 3.05) is 5.32 Å². The Bertz CT molecular complexity index is 674. The Morgan fingerprint density at radius 3 is 2.79 bits per heavy atom. The zero-order valence-corrected chi connectivity index (χ0v) is 10.1. The zero-order valence-electron chi connectivity index (χ0n) is 9.32. The summed E-state index contributed by atoms with van der Waals surface area (Å²) in [6.07, 6.45) is 1.83. The molecule has 0 bridgehead atoms. The Morgan fingerprint density at radius 2 is 2.05 bits per heavy atom. The monoisotopic (exact) mass is 271 g/mol. The first-order chi connectivity index (χ1) is 8.92. The van der Waals surface area contributed by atoms with Gasteiger partial charge in [0.15, 0.2) is 12.0 Å². The molecule has 0 saturated carbocycles. The van der Waals surface area contributed by atoms with Gasteiger partial charge in [-0.3, -0.25) is 0 Å². The lowest BCUT2D eigenvalue weighted by Crippen LogP contribution is -2.32. The number of benzene rings is 1. The van der Waals surface area contributed by atoms with Crippen molar-refractivity contribution < 1.29 is 0 Å². The molecule has 1 aliphatic rings. The second-order valence-corrected chi connectivity index (χ2v) is 4.91. The lowest BCUT2D eigenvalue weighted by atomic mass is 10.2. The van der Waals surface area contributed by atoms with Crippen LogP contribution < -0.4 is 5.32 Å². The van der Waals surface area contributed by atoms with Crippen molar-refractivity contribution in [3.63, 3.8) is 0 Å². The summed E-state index contributed by atoms with van der Waals surface area (Å²) in [7, 11) is 0. The Labute approximate surface area is 115 Å². The highest BCUT2D eigenvalue weighted by molar-refractivity contribution is 7.09. The van der Waals surface area contributed by atoms with Gasteiger partial charge in [0.2, 0.25) is 5.95 Å². The van der Waals surface area contributed by atoms with E-state index in [1.165, 1.54) is 0 Å². The average Bonchev–Trinajstić information content (AvgIpc) is 3.01. The van der Waals surface area contributed by atoms with Crippen LogP contribution in [0.2, 0.25) is 0 Å². The number of rotatable bonds is 2. The largest absolute Gasteiger partial charge is 0.327 e. The quantitative estimate of drug-likeness (QED) is 0.778. The normalized spacial score (nSPS) is 15.9. The molecule has 96 valence electrons. The van der Waals surface area contributed by atoms with Gasteiger partial charge in [0, 0.05) is 17.1 Å². The summed E-state index contributed by atoms with van der Waals surface area (Å²) in [5.74, 6) is 1.55. The maximum atomic E-state index is 4.51. The van der Waals surface area contributed by atoms with Crippen molar-refractivity contribution in [2.24, 2.45) is 0 Å². The van der Waals surface area contributed by atoms with Crippen LogP contribution >= 0.6 is 11.3 Å². The Kier molecular flexibility index (Phi) is 2.79. The highest BCUT2D eigenvalue weighted by Gasteiger charge is 2.32.